The van der Waals surface area contributed by atoms with Crippen LogP contribution in [0.5, 0.6) is 5.75 Å². The van der Waals surface area contributed by atoms with Gasteiger partial charge in [-0.15, -0.1) is 0 Å². The van der Waals surface area contributed by atoms with E-state index in [0.717, 1.165) is 23.1 Å². The zero-order chi connectivity index (χ0) is 17.3. The summed E-state index contributed by atoms with van der Waals surface area (Å²) < 4.78 is 5.73. The summed E-state index contributed by atoms with van der Waals surface area (Å²) in [5.41, 5.74) is 4.62. The van der Waals surface area contributed by atoms with Crippen LogP contribution in [-0.4, -0.2) is 17.7 Å². The smallest absolute Gasteiger partial charge is 0.280 e. The highest BCUT2D eigenvalue weighted by Crippen LogP contribution is 2.48. The molecule has 0 aliphatic heterocycles. The number of hydrogen-bond acceptors (Lipinski definition) is 3. The van der Waals surface area contributed by atoms with Crippen LogP contribution >= 0.6 is 11.6 Å². The van der Waals surface area contributed by atoms with Crippen molar-refractivity contribution in [2.24, 2.45) is 22.9 Å². The van der Waals surface area contributed by atoms with Crippen molar-refractivity contribution in [1.29, 1.82) is 0 Å². The molecule has 5 heteroatoms. The molecule has 0 radical (unpaired) electrons. The summed E-state index contributed by atoms with van der Waals surface area (Å²) in [6.07, 6.45) is 4.63. The predicted molar refractivity (Wildman–Crippen MR) is 96.5 cm³/mol. The maximum absolute atomic E-state index is 12.2. The Hall–Kier alpha value is -1.55. The molecule has 2 bridgehead atoms. The van der Waals surface area contributed by atoms with E-state index in [4.69, 9.17) is 16.3 Å². The maximum atomic E-state index is 12.2. The van der Waals surface area contributed by atoms with Crippen molar-refractivity contribution in [3.63, 3.8) is 0 Å². The lowest BCUT2D eigenvalue weighted by Crippen LogP contribution is -2.34. The fourth-order valence-corrected chi connectivity index (χ4v) is 4.29. The zero-order valence-electron chi connectivity index (χ0n) is 14.5. The van der Waals surface area contributed by atoms with Gasteiger partial charge in [0.15, 0.2) is 6.10 Å². The van der Waals surface area contributed by atoms with Crippen molar-refractivity contribution in [1.82, 2.24) is 5.43 Å². The number of carbonyl (C=O) groups excluding carboxylic acids is 1. The number of carbonyl (C=O) groups is 1. The van der Waals surface area contributed by atoms with Gasteiger partial charge in [-0.05, 0) is 75.6 Å². The largest absolute Gasteiger partial charge is 0.481 e. The average molecular weight is 349 g/mol. The summed E-state index contributed by atoms with van der Waals surface area (Å²) >= 11 is 5.94. The van der Waals surface area contributed by atoms with Crippen LogP contribution in [0.25, 0.3) is 0 Å². The van der Waals surface area contributed by atoms with Gasteiger partial charge >= 0.3 is 0 Å². The third kappa shape index (κ3) is 3.75. The van der Waals surface area contributed by atoms with Gasteiger partial charge in [-0.3, -0.25) is 4.79 Å². The number of aryl methyl sites for hydroxylation is 1. The Kier molecular flexibility index (Phi) is 5.14. The van der Waals surface area contributed by atoms with E-state index in [1.807, 2.05) is 19.9 Å². The monoisotopic (exact) mass is 348 g/mol. The van der Waals surface area contributed by atoms with Crippen molar-refractivity contribution >= 4 is 23.2 Å². The molecule has 2 fully saturated rings. The van der Waals surface area contributed by atoms with Crippen LogP contribution in [0.3, 0.4) is 0 Å². The van der Waals surface area contributed by atoms with E-state index in [9.17, 15) is 4.79 Å². The number of rotatable bonds is 5. The number of nitrogens with one attached hydrogen (secondary N) is 1. The molecule has 2 saturated carbocycles. The highest BCUT2D eigenvalue weighted by atomic mass is 35.5. The Morgan fingerprint density at radius 1 is 1.38 bits per heavy atom. The van der Waals surface area contributed by atoms with E-state index in [1.165, 1.54) is 25.7 Å². The van der Waals surface area contributed by atoms with E-state index in [-0.39, 0.29) is 5.91 Å². The van der Waals surface area contributed by atoms with E-state index < -0.39 is 6.10 Å². The highest BCUT2D eigenvalue weighted by Gasteiger charge is 2.40. The van der Waals surface area contributed by atoms with Crippen LogP contribution in [0.4, 0.5) is 0 Å². The summed E-state index contributed by atoms with van der Waals surface area (Å²) in [5, 5.41) is 5.00. The molecule has 130 valence electrons. The molecular formula is C19H25ClN2O2. The number of benzene rings is 1. The number of halogens is 1. The van der Waals surface area contributed by atoms with Gasteiger partial charge in [-0.2, -0.15) is 5.10 Å². The average Bonchev–Trinajstić information content (AvgIpc) is 3.17. The molecule has 1 aromatic rings. The number of nitrogens with zero attached hydrogens (tertiary/aromatic N) is 1. The van der Waals surface area contributed by atoms with Crippen LogP contribution in [-0.2, 0) is 4.79 Å². The van der Waals surface area contributed by atoms with Crippen LogP contribution in [0.1, 0.15) is 45.1 Å². The second kappa shape index (κ2) is 7.14. The van der Waals surface area contributed by atoms with Crippen molar-refractivity contribution in [2.75, 3.05) is 0 Å². The first-order valence-electron chi connectivity index (χ1n) is 8.71. The first kappa shape index (κ1) is 17.3. The molecular weight excluding hydrogens is 324 g/mol. The third-order valence-electron chi connectivity index (χ3n) is 5.43. The molecule has 0 spiro atoms. The van der Waals surface area contributed by atoms with Crippen LogP contribution < -0.4 is 10.2 Å². The molecule has 2 aliphatic rings. The van der Waals surface area contributed by atoms with Crippen molar-refractivity contribution in [2.45, 2.75) is 52.6 Å². The summed E-state index contributed by atoms with van der Waals surface area (Å²) in [6.45, 7) is 5.66. The number of amides is 1. The lowest BCUT2D eigenvalue weighted by molar-refractivity contribution is -0.127. The molecule has 0 heterocycles. The lowest BCUT2D eigenvalue weighted by Gasteiger charge is -2.21. The van der Waals surface area contributed by atoms with Gasteiger partial charge in [0, 0.05) is 16.7 Å². The predicted octanol–water partition coefficient (Wildman–Crippen LogP) is 4.34. The number of fused-ring (bicyclic) bond motifs is 2. The van der Waals surface area contributed by atoms with Crippen LogP contribution in [0.15, 0.2) is 23.3 Å². The highest BCUT2D eigenvalue weighted by molar-refractivity contribution is 6.30. The number of hydrogen-bond donors (Lipinski definition) is 1. The van der Waals surface area contributed by atoms with Crippen molar-refractivity contribution in [3.8, 4) is 5.75 Å². The topological polar surface area (TPSA) is 50.7 Å². The Labute approximate surface area is 148 Å². The molecule has 1 aromatic carbocycles. The van der Waals surface area contributed by atoms with Gasteiger partial charge in [0.2, 0.25) is 0 Å². The van der Waals surface area contributed by atoms with Gasteiger partial charge < -0.3 is 4.74 Å². The minimum atomic E-state index is -0.610. The molecule has 4 nitrogen and oxygen atoms in total. The second-order valence-corrected chi connectivity index (χ2v) is 7.62. The molecule has 1 amide bonds. The van der Waals surface area contributed by atoms with Gasteiger partial charge in [0.1, 0.15) is 5.75 Å². The van der Waals surface area contributed by atoms with Crippen molar-refractivity contribution in [3.05, 3.63) is 28.8 Å². The van der Waals surface area contributed by atoms with Crippen molar-refractivity contribution < 1.29 is 9.53 Å². The molecule has 2 aliphatic carbocycles. The minimum Gasteiger partial charge on any atom is -0.481 e. The lowest BCUT2D eigenvalue weighted by atomic mass is 9.86. The number of ether oxygens (including phenoxy) is 1. The van der Waals surface area contributed by atoms with E-state index in [0.29, 0.717) is 16.7 Å². The van der Waals surface area contributed by atoms with E-state index >= 15 is 0 Å². The third-order valence-corrected chi connectivity index (χ3v) is 5.66. The molecule has 1 N–H and O–H groups in total. The molecule has 3 rings (SSSR count). The van der Waals surface area contributed by atoms with Gasteiger partial charge in [-0.1, -0.05) is 18.0 Å². The van der Waals surface area contributed by atoms with Gasteiger partial charge in [0.05, 0.1) is 0 Å². The van der Waals surface area contributed by atoms with Crippen LogP contribution in [0.2, 0.25) is 5.02 Å². The summed E-state index contributed by atoms with van der Waals surface area (Å²) in [5.74, 6) is 2.61. The molecule has 0 aromatic heterocycles. The number of hydrazone groups is 1. The van der Waals surface area contributed by atoms with E-state index in [1.54, 1.807) is 19.1 Å². The summed E-state index contributed by atoms with van der Waals surface area (Å²) in [6, 6.07) is 5.36. The first-order chi connectivity index (χ1) is 11.4. The fraction of sp³-hybridized carbons (Fsp3) is 0.579. The summed E-state index contributed by atoms with van der Waals surface area (Å²) in [7, 11) is 0. The Morgan fingerprint density at radius 3 is 2.79 bits per heavy atom. The normalized spacial score (nSPS) is 27.2. The Morgan fingerprint density at radius 2 is 2.17 bits per heavy atom. The Bertz CT molecular complexity index is 659. The second-order valence-electron chi connectivity index (χ2n) is 7.18. The van der Waals surface area contributed by atoms with E-state index in [2.05, 4.69) is 10.5 Å². The fourth-order valence-electron chi connectivity index (χ4n) is 4.06. The SMILES string of the molecule is C/C(=N/NC(=O)[C@H](C)Oc1ccc(Cl)cc1C)[C@@H]1C[C@@H]2CC[C@@H]1C2. The first-order valence-corrected chi connectivity index (χ1v) is 9.08. The molecule has 24 heavy (non-hydrogen) atoms. The summed E-state index contributed by atoms with van der Waals surface area (Å²) in [4.78, 5) is 12.2. The van der Waals surface area contributed by atoms with Gasteiger partial charge in [-0.25, -0.2) is 5.43 Å². The quantitative estimate of drug-likeness (QED) is 0.635. The standard InChI is InChI=1S/C19H25ClN2O2/c1-11-8-16(20)6-7-18(11)24-13(3)19(23)22-21-12(2)17-10-14-4-5-15(17)9-14/h6-8,13-15,17H,4-5,9-10H2,1-3H3,(H,22,23)/b21-12-/t13-,14+,15+,17-/m0/s1. The van der Waals surface area contributed by atoms with Gasteiger partial charge in [0.25, 0.3) is 5.91 Å². The molecule has 4 atom stereocenters. The molecule has 0 saturated heterocycles. The zero-order valence-corrected chi connectivity index (χ0v) is 15.3. The molecule has 0 unspecified atom stereocenters. The maximum Gasteiger partial charge on any atom is 0.280 e. The van der Waals surface area contributed by atoms with Crippen LogP contribution in [0, 0.1) is 24.7 Å². The Balaban J connectivity index is 1.55. The minimum absolute atomic E-state index is 0.230.